The maximum Gasteiger partial charge on any atom is 0.134 e. The third-order valence-corrected chi connectivity index (χ3v) is 4.40. The molecule has 1 aromatic rings. The third-order valence-electron chi connectivity index (χ3n) is 4.09. The first kappa shape index (κ1) is 12.3. The molecule has 0 bridgehead atoms. The second-order valence-electron chi connectivity index (χ2n) is 5.44. The zero-order chi connectivity index (χ0) is 12.5. The van der Waals surface area contributed by atoms with Crippen LogP contribution >= 0.6 is 11.6 Å². The van der Waals surface area contributed by atoms with Gasteiger partial charge in [-0.05, 0) is 43.0 Å². The lowest BCUT2D eigenvalue weighted by Crippen LogP contribution is -2.40. The van der Waals surface area contributed by atoms with Crippen molar-refractivity contribution in [3.8, 4) is 5.75 Å². The number of aromatic hydroxyl groups is 1. The lowest BCUT2D eigenvalue weighted by molar-refractivity contribution is 0.312. The summed E-state index contributed by atoms with van der Waals surface area (Å²) in [6, 6.07) is 6.17. The van der Waals surface area contributed by atoms with Crippen LogP contribution in [0.1, 0.15) is 18.4 Å². The Balaban J connectivity index is 1.64. The van der Waals surface area contributed by atoms with Gasteiger partial charge < -0.3 is 10.4 Å². The molecule has 3 nitrogen and oxygen atoms in total. The fourth-order valence-corrected chi connectivity index (χ4v) is 3.38. The Hall–Kier alpha value is -0.770. The topological polar surface area (TPSA) is 35.5 Å². The van der Waals surface area contributed by atoms with Gasteiger partial charge in [-0.15, -0.1) is 0 Å². The van der Waals surface area contributed by atoms with Crippen molar-refractivity contribution < 1.29 is 5.11 Å². The van der Waals surface area contributed by atoms with E-state index < -0.39 is 0 Å². The lowest BCUT2D eigenvalue weighted by Gasteiger charge is -2.24. The van der Waals surface area contributed by atoms with Crippen molar-refractivity contribution in [2.75, 3.05) is 19.6 Å². The number of hydrogen-bond donors (Lipinski definition) is 2. The molecule has 1 aromatic carbocycles. The molecular weight excluding hydrogens is 248 g/mol. The van der Waals surface area contributed by atoms with Crippen LogP contribution in [-0.2, 0) is 6.54 Å². The Labute approximate surface area is 113 Å². The molecular formula is C14H19ClN2O. The molecule has 2 heterocycles. The summed E-state index contributed by atoms with van der Waals surface area (Å²) in [5.41, 5.74) is 1.18. The summed E-state index contributed by atoms with van der Waals surface area (Å²) in [5.74, 6) is 0.975. The number of rotatable bonds is 2. The van der Waals surface area contributed by atoms with Crippen molar-refractivity contribution in [2.24, 2.45) is 5.92 Å². The predicted molar refractivity (Wildman–Crippen MR) is 72.9 cm³/mol. The molecule has 0 spiro atoms. The Kier molecular flexibility index (Phi) is 3.46. The van der Waals surface area contributed by atoms with E-state index in [2.05, 4.69) is 10.2 Å². The fourth-order valence-electron chi connectivity index (χ4n) is 3.17. The highest BCUT2D eigenvalue weighted by Crippen LogP contribution is 2.28. The standard InChI is InChI=1S/C14H19ClN2O/c15-12-6-10(3-4-14(12)18)7-17-8-11-2-1-5-16-13(11)9-17/h3-4,6,11,13,16,18H,1-2,5,7-9H2/t11-,13+/m0/s1. The van der Waals surface area contributed by atoms with Crippen LogP contribution in [0.15, 0.2) is 18.2 Å². The highest BCUT2D eigenvalue weighted by molar-refractivity contribution is 6.32. The number of nitrogens with one attached hydrogen (secondary N) is 1. The molecule has 2 N–H and O–H groups in total. The van der Waals surface area contributed by atoms with Gasteiger partial charge in [0.2, 0.25) is 0 Å². The molecule has 0 aliphatic carbocycles. The minimum atomic E-state index is 0.164. The number of piperidine rings is 1. The van der Waals surface area contributed by atoms with Crippen LogP contribution in [0.5, 0.6) is 5.75 Å². The molecule has 2 fully saturated rings. The SMILES string of the molecule is Oc1ccc(CN2C[C@@H]3CCCN[C@@H]3C2)cc1Cl. The second-order valence-corrected chi connectivity index (χ2v) is 5.85. The zero-order valence-electron chi connectivity index (χ0n) is 10.4. The number of nitrogens with zero attached hydrogens (tertiary/aromatic N) is 1. The monoisotopic (exact) mass is 266 g/mol. The number of phenols is 1. The van der Waals surface area contributed by atoms with Crippen molar-refractivity contribution in [1.29, 1.82) is 0 Å². The lowest BCUT2D eigenvalue weighted by atomic mass is 9.94. The van der Waals surface area contributed by atoms with Crippen LogP contribution in [0.2, 0.25) is 5.02 Å². The van der Waals surface area contributed by atoms with Crippen molar-refractivity contribution in [3.63, 3.8) is 0 Å². The van der Waals surface area contributed by atoms with Gasteiger partial charge in [-0.1, -0.05) is 17.7 Å². The van der Waals surface area contributed by atoms with Gasteiger partial charge in [-0.25, -0.2) is 0 Å². The van der Waals surface area contributed by atoms with Crippen LogP contribution in [0.3, 0.4) is 0 Å². The van der Waals surface area contributed by atoms with Crippen molar-refractivity contribution in [3.05, 3.63) is 28.8 Å². The fraction of sp³-hybridized carbons (Fsp3) is 0.571. The summed E-state index contributed by atoms with van der Waals surface area (Å²) >= 11 is 5.94. The molecule has 4 heteroatoms. The van der Waals surface area contributed by atoms with Crippen molar-refractivity contribution in [1.82, 2.24) is 10.2 Å². The first-order chi connectivity index (χ1) is 8.72. The summed E-state index contributed by atoms with van der Waals surface area (Å²) in [5, 5.41) is 13.5. The first-order valence-corrected chi connectivity index (χ1v) is 7.03. The van der Waals surface area contributed by atoms with Gasteiger partial charge in [0.15, 0.2) is 0 Å². The average Bonchev–Trinajstić information content (AvgIpc) is 2.76. The maximum absolute atomic E-state index is 9.42. The third kappa shape index (κ3) is 2.48. The van der Waals surface area contributed by atoms with Crippen LogP contribution in [-0.4, -0.2) is 35.7 Å². The number of halogens is 1. The van der Waals surface area contributed by atoms with Gasteiger partial charge in [0.1, 0.15) is 5.75 Å². The smallest absolute Gasteiger partial charge is 0.134 e. The van der Waals surface area contributed by atoms with E-state index in [0.717, 1.165) is 19.0 Å². The molecule has 0 amide bonds. The van der Waals surface area contributed by atoms with Gasteiger partial charge in [0.05, 0.1) is 5.02 Å². The summed E-state index contributed by atoms with van der Waals surface area (Å²) < 4.78 is 0. The summed E-state index contributed by atoms with van der Waals surface area (Å²) in [4.78, 5) is 2.48. The van der Waals surface area contributed by atoms with E-state index >= 15 is 0 Å². The quantitative estimate of drug-likeness (QED) is 0.862. The van der Waals surface area contributed by atoms with Crippen LogP contribution < -0.4 is 5.32 Å². The minimum absolute atomic E-state index is 0.164. The van der Waals surface area contributed by atoms with Gasteiger partial charge in [-0.3, -0.25) is 4.90 Å². The molecule has 2 saturated heterocycles. The van der Waals surface area contributed by atoms with E-state index in [1.165, 1.54) is 31.5 Å². The number of phenolic OH excluding ortho intramolecular Hbond substituents is 1. The highest BCUT2D eigenvalue weighted by Gasteiger charge is 2.33. The summed E-state index contributed by atoms with van der Waals surface area (Å²) in [6.07, 6.45) is 2.66. The number of hydrogen-bond acceptors (Lipinski definition) is 3. The molecule has 0 radical (unpaired) electrons. The summed E-state index contributed by atoms with van der Waals surface area (Å²) in [6.45, 7) is 4.40. The Morgan fingerprint density at radius 3 is 3.06 bits per heavy atom. The maximum atomic E-state index is 9.42. The highest BCUT2D eigenvalue weighted by atomic mass is 35.5. The van der Waals surface area contributed by atoms with Crippen LogP contribution in [0.4, 0.5) is 0 Å². The van der Waals surface area contributed by atoms with Crippen molar-refractivity contribution >= 4 is 11.6 Å². The van der Waals surface area contributed by atoms with Gasteiger partial charge in [0.25, 0.3) is 0 Å². The molecule has 0 aromatic heterocycles. The molecule has 3 rings (SSSR count). The van der Waals surface area contributed by atoms with E-state index in [1.54, 1.807) is 6.07 Å². The molecule has 2 atom stereocenters. The molecule has 98 valence electrons. The normalized spacial score (nSPS) is 28.3. The van der Waals surface area contributed by atoms with Crippen molar-refractivity contribution in [2.45, 2.75) is 25.4 Å². The van der Waals surface area contributed by atoms with Crippen LogP contribution in [0.25, 0.3) is 0 Å². The first-order valence-electron chi connectivity index (χ1n) is 6.65. The Bertz CT molecular complexity index is 424. The van der Waals surface area contributed by atoms with Gasteiger partial charge in [-0.2, -0.15) is 0 Å². The van der Waals surface area contributed by atoms with E-state index in [0.29, 0.717) is 11.1 Å². The molecule has 18 heavy (non-hydrogen) atoms. The van der Waals surface area contributed by atoms with E-state index in [4.69, 9.17) is 11.6 Å². The number of benzene rings is 1. The van der Waals surface area contributed by atoms with E-state index in [1.807, 2.05) is 12.1 Å². The minimum Gasteiger partial charge on any atom is -0.506 e. The largest absolute Gasteiger partial charge is 0.506 e. The average molecular weight is 267 g/mol. The van der Waals surface area contributed by atoms with E-state index in [-0.39, 0.29) is 5.75 Å². The molecule has 0 unspecified atom stereocenters. The van der Waals surface area contributed by atoms with Gasteiger partial charge >= 0.3 is 0 Å². The molecule has 2 aliphatic heterocycles. The van der Waals surface area contributed by atoms with E-state index in [9.17, 15) is 5.11 Å². The Morgan fingerprint density at radius 2 is 2.28 bits per heavy atom. The predicted octanol–water partition coefficient (Wildman–Crippen LogP) is 2.23. The van der Waals surface area contributed by atoms with Crippen LogP contribution in [0, 0.1) is 5.92 Å². The molecule has 0 saturated carbocycles. The molecule has 2 aliphatic rings. The second kappa shape index (κ2) is 5.08. The number of likely N-dealkylation sites (tertiary alicyclic amines) is 1. The Morgan fingerprint density at radius 1 is 1.39 bits per heavy atom. The summed E-state index contributed by atoms with van der Waals surface area (Å²) in [7, 11) is 0. The number of fused-ring (bicyclic) bond motifs is 1. The van der Waals surface area contributed by atoms with Gasteiger partial charge in [0, 0.05) is 25.7 Å². The zero-order valence-corrected chi connectivity index (χ0v) is 11.2.